The summed E-state index contributed by atoms with van der Waals surface area (Å²) in [4.78, 5) is 12.5. The Kier molecular flexibility index (Phi) is 4.67. The number of ether oxygens (including phenoxy) is 1. The summed E-state index contributed by atoms with van der Waals surface area (Å²) in [7, 11) is 1.67. The van der Waals surface area contributed by atoms with Crippen LogP contribution in [0.1, 0.15) is 24.0 Å². The van der Waals surface area contributed by atoms with Crippen LogP contribution in [0.25, 0.3) is 11.0 Å². The van der Waals surface area contributed by atoms with Gasteiger partial charge in [-0.05, 0) is 36.0 Å². The molecule has 3 heterocycles. The van der Waals surface area contributed by atoms with Crippen LogP contribution in [0.2, 0.25) is 5.15 Å². The van der Waals surface area contributed by atoms with Crippen LogP contribution in [0.5, 0.6) is 0 Å². The molecule has 1 aliphatic rings. The van der Waals surface area contributed by atoms with Gasteiger partial charge in [0.15, 0.2) is 5.65 Å². The largest absolute Gasteiger partial charge is 0.481 e. The Morgan fingerprint density at radius 1 is 1.15 bits per heavy atom. The van der Waals surface area contributed by atoms with Crippen molar-refractivity contribution in [2.45, 2.75) is 25.8 Å². The zero-order chi connectivity index (χ0) is 17.9. The molecule has 0 N–H and O–H groups in total. The minimum atomic E-state index is 0.425. The molecule has 0 saturated carbocycles. The van der Waals surface area contributed by atoms with E-state index in [-0.39, 0.29) is 0 Å². The molecule has 0 radical (unpaired) electrons. The van der Waals surface area contributed by atoms with Crippen LogP contribution in [0.3, 0.4) is 0 Å². The highest BCUT2D eigenvalue weighted by atomic mass is 35.5. The second-order valence-corrected chi connectivity index (χ2v) is 6.54. The van der Waals surface area contributed by atoms with Crippen molar-refractivity contribution in [3.63, 3.8) is 0 Å². The van der Waals surface area contributed by atoms with Gasteiger partial charge in [0.2, 0.25) is 5.88 Å². The first kappa shape index (κ1) is 16.7. The van der Waals surface area contributed by atoms with Crippen molar-refractivity contribution in [3.8, 4) is 0 Å². The van der Waals surface area contributed by atoms with E-state index in [1.54, 1.807) is 7.11 Å². The zero-order valence-corrected chi connectivity index (χ0v) is 15.1. The van der Waals surface area contributed by atoms with Gasteiger partial charge in [-0.1, -0.05) is 35.9 Å². The summed E-state index contributed by atoms with van der Waals surface area (Å²) in [6, 6.07) is 8.52. The molecule has 132 valence electrons. The number of rotatable bonds is 5. The summed E-state index contributed by atoms with van der Waals surface area (Å²) in [5.74, 6) is 0.751. The minimum Gasteiger partial charge on any atom is -0.481 e. The van der Waals surface area contributed by atoms with Gasteiger partial charge in [-0.25, -0.2) is 15.0 Å². The van der Waals surface area contributed by atoms with Gasteiger partial charge >= 0.3 is 0 Å². The second kappa shape index (κ2) is 7.25. The van der Waals surface area contributed by atoms with E-state index in [4.69, 9.17) is 16.3 Å². The van der Waals surface area contributed by atoms with Crippen LogP contribution in [-0.4, -0.2) is 33.1 Å². The average Bonchev–Trinajstić information content (AvgIpc) is 3.08. The molecule has 0 unspecified atom stereocenters. The van der Waals surface area contributed by atoms with Crippen LogP contribution >= 0.6 is 11.6 Å². The molecule has 1 aliphatic heterocycles. The zero-order valence-electron chi connectivity index (χ0n) is 14.4. The summed E-state index contributed by atoms with van der Waals surface area (Å²) >= 11 is 6.08. The maximum atomic E-state index is 6.08. The highest BCUT2D eigenvalue weighted by Gasteiger charge is 2.11. The molecule has 0 atom stereocenters. The Labute approximate surface area is 156 Å². The van der Waals surface area contributed by atoms with E-state index in [0.29, 0.717) is 17.3 Å². The van der Waals surface area contributed by atoms with Gasteiger partial charge in [-0.2, -0.15) is 5.10 Å². The number of aromatic nitrogens is 4. The minimum absolute atomic E-state index is 0.425. The molecule has 7 heteroatoms. The predicted octanol–water partition coefficient (Wildman–Crippen LogP) is 3.79. The van der Waals surface area contributed by atoms with Crippen molar-refractivity contribution in [2.75, 3.05) is 7.11 Å². The Hall–Kier alpha value is -2.73. The molecule has 0 bridgehead atoms. The van der Waals surface area contributed by atoms with Crippen LogP contribution in [0.15, 0.2) is 53.2 Å². The molecule has 0 fully saturated rings. The van der Waals surface area contributed by atoms with Crippen LogP contribution in [-0.2, 0) is 17.7 Å². The SMILES string of the molecule is COC1=C(Cc2ccc(Cn3cc4c(Cl)ncnc4n3)cc2)CCC=N1. The van der Waals surface area contributed by atoms with E-state index in [1.165, 1.54) is 17.5 Å². The van der Waals surface area contributed by atoms with Crippen LogP contribution in [0.4, 0.5) is 0 Å². The number of benzene rings is 1. The number of hydrogen-bond acceptors (Lipinski definition) is 5. The molecule has 1 aromatic carbocycles. The topological polar surface area (TPSA) is 65.2 Å². The monoisotopic (exact) mass is 367 g/mol. The fourth-order valence-corrected chi connectivity index (χ4v) is 3.26. The Balaban J connectivity index is 1.49. The molecule has 0 saturated heterocycles. The van der Waals surface area contributed by atoms with E-state index in [0.717, 1.165) is 36.1 Å². The maximum Gasteiger partial charge on any atom is 0.212 e. The predicted molar refractivity (Wildman–Crippen MR) is 101 cm³/mol. The molecule has 0 spiro atoms. The highest BCUT2D eigenvalue weighted by Crippen LogP contribution is 2.22. The van der Waals surface area contributed by atoms with Gasteiger partial charge in [0, 0.05) is 12.4 Å². The van der Waals surface area contributed by atoms with Gasteiger partial charge < -0.3 is 4.74 Å². The first-order valence-electron chi connectivity index (χ1n) is 8.43. The summed E-state index contributed by atoms with van der Waals surface area (Å²) in [5, 5.41) is 5.64. The van der Waals surface area contributed by atoms with Crippen molar-refractivity contribution >= 4 is 28.8 Å². The van der Waals surface area contributed by atoms with Gasteiger partial charge in [0.1, 0.15) is 11.5 Å². The Bertz CT molecular complexity index is 991. The number of fused-ring (bicyclic) bond motifs is 1. The van der Waals surface area contributed by atoms with Crippen molar-refractivity contribution < 1.29 is 4.74 Å². The molecule has 4 rings (SSSR count). The second-order valence-electron chi connectivity index (χ2n) is 6.18. The number of nitrogens with zero attached hydrogens (tertiary/aromatic N) is 5. The normalized spacial score (nSPS) is 14.2. The van der Waals surface area contributed by atoms with Gasteiger partial charge in [-0.15, -0.1) is 0 Å². The van der Waals surface area contributed by atoms with Crippen LogP contribution in [0, 0.1) is 0 Å². The van der Waals surface area contributed by atoms with Gasteiger partial charge in [0.25, 0.3) is 0 Å². The van der Waals surface area contributed by atoms with Crippen molar-refractivity contribution in [1.82, 2.24) is 19.7 Å². The average molecular weight is 368 g/mol. The lowest BCUT2D eigenvalue weighted by atomic mass is 9.99. The van der Waals surface area contributed by atoms with E-state index < -0.39 is 0 Å². The van der Waals surface area contributed by atoms with Gasteiger partial charge in [0.05, 0.1) is 19.0 Å². The third-order valence-corrected chi connectivity index (χ3v) is 4.68. The summed E-state index contributed by atoms with van der Waals surface area (Å²) in [6.45, 7) is 0.656. The lowest BCUT2D eigenvalue weighted by Gasteiger charge is -2.14. The van der Waals surface area contributed by atoms with Crippen molar-refractivity contribution in [3.05, 3.63) is 64.5 Å². The third-order valence-electron chi connectivity index (χ3n) is 4.38. The first-order valence-corrected chi connectivity index (χ1v) is 8.81. The first-order chi connectivity index (χ1) is 12.7. The van der Waals surface area contributed by atoms with E-state index in [9.17, 15) is 0 Å². The van der Waals surface area contributed by atoms with Crippen molar-refractivity contribution in [1.29, 1.82) is 0 Å². The lowest BCUT2D eigenvalue weighted by Crippen LogP contribution is -2.03. The molecular weight excluding hydrogens is 350 g/mol. The third kappa shape index (κ3) is 3.46. The lowest BCUT2D eigenvalue weighted by molar-refractivity contribution is 0.280. The number of methoxy groups -OCH3 is 1. The van der Waals surface area contributed by atoms with E-state index in [1.807, 2.05) is 17.1 Å². The number of allylic oxidation sites excluding steroid dienone is 1. The molecule has 3 aromatic rings. The quantitative estimate of drug-likeness (QED) is 0.643. The number of hydrogen-bond donors (Lipinski definition) is 0. The fourth-order valence-electron chi connectivity index (χ4n) is 3.08. The highest BCUT2D eigenvalue weighted by molar-refractivity contribution is 6.33. The van der Waals surface area contributed by atoms with E-state index >= 15 is 0 Å². The number of halogens is 1. The molecule has 0 amide bonds. The molecule has 0 aliphatic carbocycles. The smallest absolute Gasteiger partial charge is 0.212 e. The van der Waals surface area contributed by atoms with Gasteiger partial charge in [-0.3, -0.25) is 4.68 Å². The maximum absolute atomic E-state index is 6.08. The number of aliphatic imine (C=N–C) groups is 1. The molecule has 2 aromatic heterocycles. The standard InChI is InChI=1S/C19H18ClN5O/c1-26-19-15(3-2-8-21-19)9-13-4-6-14(7-5-13)10-25-11-16-17(20)22-12-23-18(16)24-25/h4-8,11-12H,2-3,9-10H2,1H3. The van der Waals surface area contributed by atoms with E-state index in [2.05, 4.69) is 44.3 Å². The Morgan fingerprint density at radius 2 is 1.96 bits per heavy atom. The fraction of sp³-hybridized carbons (Fsp3) is 0.263. The molecule has 26 heavy (non-hydrogen) atoms. The summed E-state index contributed by atoms with van der Waals surface area (Å²) in [5.41, 5.74) is 4.26. The summed E-state index contributed by atoms with van der Waals surface area (Å²) in [6.07, 6.45) is 8.04. The Morgan fingerprint density at radius 3 is 2.73 bits per heavy atom. The summed E-state index contributed by atoms with van der Waals surface area (Å²) < 4.78 is 7.20. The molecular formula is C19H18ClN5O. The van der Waals surface area contributed by atoms with Crippen molar-refractivity contribution in [2.24, 2.45) is 4.99 Å². The molecule has 6 nitrogen and oxygen atoms in total. The van der Waals surface area contributed by atoms with Crippen LogP contribution < -0.4 is 0 Å².